The summed E-state index contributed by atoms with van der Waals surface area (Å²) in [6, 6.07) is 0.998. The number of ether oxygens (including phenoxy) is 1. The van der Waals surface area contributed by atoms with Gasteiger partial charge in [0, 0.05) is 38.8 Å². The molecule has 1 rings (SSSR count). The number of carbonyl (C=O) groups is 1. The van der Waals surface area contributed by atoms with Gasteiger partial charge in [0.1, 0.15) is 5.60 Å². The quantitative estimate of drug-likeness (QED) is 0.485. The number of piperidine rings is 1. The average molecular weight is 384 g/mol. The maximum absolute atomic E-state index is 12.1. The largest absolute Gasteiger partial charge is 0.444 e. The van der Waals surface area contributed by atoms with Crippen molar-refractivity contribution in [2.24, 2.45) is 10.9 Å². The number of nitrogens with one attached hydrogen (secondary N) is 3. The summed E-state index contributed by atoms with van der Waals surface area (Å²) in [5, 5.41) is 9.84. The minimum Gasteiger partial charge on any atom is -0.444 e. The number of likely N-dealkylation sites (tertiary alicyclic amines) is 1. The predicted octanol–water partition coefficient (Wildman–Crippen LogP) is 2.57. The highest BCUT2D eigenvalue weighted by Gasteiger charge is 2.23. The SMILES string of the molecule is CN=C(NCC(NC(=O)OC(C)(C)C)C(C)C)NC1CCN(C(C)C)CC1. The van der Waals surface area contributed by atoms with Crippen LogP contribution in [0.4, 0.5) is 4.79 Å². The highest BCUT2D eigenvalue weighted by atomic mass is 16.6. The Morgan fingerprint density at radius 1 is 1.19 bits per heavy atom. The Hall–Kier alpha value is -1.50. The first-order valence-electron chi connectivity index (χ1n) is 10.2. The van der Waals surface area contributed by atoms with Crippen molar-refractivity contribution in [3.8, 4) is 0 Å². The lowest BCUT2D eigenvalue weighted by Gasteiger charge is -2.35. The molecule has 1 unspecified atom stereocenters. The van der Waals surface area contributed by atoms with E-state index in [0.29, 0.717) is 18.6 Å². The molecule has 1 amide bonds. The van der Waals surface area contributed by atoms with Crippen LogP contribution in [0.3, 0.4) is 0 Å². The number of alkyl carbamates (subject to hydrolysis) is 1. The van der Waals surface area contributed by atoms with E-state index in [4.69, 9.17) is 4.74 Å². The van der Waals surface area contributed by atoms with Crippen LogP contribution in [0.2, 0.25) is 0 Å². The van der Waals surface area contributed by atoms with Gasteiger partial charge in [-0.15, -0.1) is 0 Å². The summed E-state index contributed by atoms with van der Waals surface area (Å²) in [4.78, 5) is 18.9. The molecule has 0 aromatic carbocycles. The number of carbonyl (C=O) groups excluding carboxylic acids is 1. The van der Waals surface area contributed by atoms with Crippen LogP contribution in [0.15, 0.2) is 4.99 Å². The Labute approximate surface area is 165 Å². The second-order valence-corrected chi connectivity index (χ2v) is 9.00. The number of nitrogens with zero attached hydrogens (tertiary/aromatic N) is 2. The second-order valence-electron chi connectivity index (χ2n) is 9.00. The van der Waals surface area contributed by atoms with Gasteiger partial charge in [0.15, 0.2) is 5.96 Å². The zero-order valence-corrected chi connectivity index (χ0v) is 18.6. The molecule has 0 aromatic heterocycles. The average Bonchev–Trinajstić information content (AvgIpc) is 2.55. The summed E-state index contributed by atoms with van der Waals surface area (Å²) >= 11 is 0. The van der Waals surface area contributed by atoms with E-state index in [1.807, 2.05) is 20.8 Å². The van der Waals surface area contributed by atoms with Crippen LogP contribution in [0.5, 0.6) is 0 Å². The summed E-state index contributed by atoms with van der Waals surface area (Å²) < 4.78 is 5.37. The van der Waals surface area contributed by atoms with Crippen LogP contribution in [0.25, 0.3) is 0 Å². The molecule has 1 fully saturated rings. The van der Waals surface area contributed by atoms with Crippen molar-refractivity contribution < 1.29 is 9.53 Å². The fourth-order valence-corrected chi connectivity index (χ4v) is 3.07. The van der Waals surface area contributed by atoms with Crippen LogP contribution < -0.4 is 16.0 Å². The molecule has 1 aliphatic rings. The number of rotatable bonds is 6. The lowest BCUT2D eigenvalue weighted by Crippen LogP contribution is -2.53. The van der Waals surface area contributed by atoms with Crippen molar-refractivity contribution in [1.82, 2.24) is 20.9 Å². The van der Waals surface area contributed by atoms with Crippen LogP contribution in [0.1, 0.15) is 61.3 Å². The minimum absolute atomic E-state index is 0.0406. The molecule has 1 saturated heterocycles. The van der Waals surface area contributed by atoms with Gasteiger partial charge in [0.05, 0.1) is 6.04 Å². The summed E-state index contributed by atoms with van der Waals surface area (Å²) in [5.74, 6) is 1.06. The molecule has 0 radical (unpaired) electrons. The zero-order valence-electron chi connectivity index (χ0n) is 18.6. The van der Waals surface area contributed by atoms with E-state index in [0.717, 1.165) is 31.9 Å². The van der Waals surface area contributed by atoms with Gasteiger partial charge in [-0.05, 0) is 53.4 Å². The molecule has 27 heavy (non-hydrogen) atoms. The molecular weight excluding hydrogens is 342 g/mol. The molecule has 0 spiro atoms. The summed E-state index contributed by atoms with van der Waals surface area (Å²) in [6.45, 7) is 17.1. The van der Waals surface area contributed by atoms with Crippen molar-refractivity contribution in [3.63, 3.8) is 0 Å². The maximum Gasteiger partial charge on any atom is 0.407 e. The van der Waals surface area contributed by atoms with Crippen LogP contribution in [-0.4, -0.2) is 67.4 Å². The molecule has 0 bridgehead atoms. The van der Waals surface area contributed by atoms with E-state index in [2.05, 4.69) is 53.5 Å². The van der Waals surface area contributed by atoms with E-state index >= 15 is 0 Å². The van der Waals surface area contributed by atoms with Gasteiger partial charge >= 0.3 is 6.09 Å². The molecule has 0 aromatic rings. The molecule has 7 nitrogen and oxygen atoms in total. The highest BCUT2D eigenvalue weighted by molar-refractivity contribution is 5.80. The second kappa shape index (κ2) is 10.7. The van der Waals surface area contributed by atoms with E-state index in [1.54, 1.807) is 7.05 Å². The van der Waals surface area contributed by atoms with Crippen molar-refractivity contribution in [2.45, 2.75) is 85.0 Å². The van der Waals surface area contributed by atoms with Crippen molar-refractivity contribution in [2.75, 3.05) is 26.7 Å². The Balaban J connectivity index is 2.47. The number of amides is 1. The van der Waals surface area contributed by atoms with Crippen LogP contribution >= 0.6 is 0 Å². The van der Waals surface area contributed by atoms with Gasteiger partial charge in [-0.25, -0.2) is 4.79 Å². The smallest absolute Gasteiger partial charge is 0.407 e. The number of aliphatic imine (C=N–C) groups is 1. The van der Waals surface area contributed by atoms with Gasteiger partial charge in [0.25, 0.3) is 0 Å². The molecule has 3 N–H and O–H groups in total. The Morgan fingerprint density at radius 3 is 2.22 bits per heavy atom. The summed E-state index contributed by atoms with van der Waals surface area (Å²) in [5.41, 5.74) is -0.499. The Kier molecular flexibility index (Phi) is 9.36. The molecule has 158 valence electrons. The van der Waals surface area contributed by atoms with E-state index in [-0.39, 0.29) is 18.1 Å². The van der Waals surface area contributed by atoms with Gasteiger partial charge in [-0.2, -0.15) is 0 Å². The monoisotopic (exact) mass is 383 g/mol. The molecule has 1 atom stereocenters. The first kappa shape index (κ1) is 23.5. The maximum atomic E-state index is 12.1. The lowest BCUT2D eigenvalue weighted by atomic mass is 10.0. The van der Waals surface area contributed by atoms with E-state index < -0.39 is 5.60 Å². The first-order valence-corrected chi connectivity index (χ1v) is 10.2. The summed E-state index contributed by atoms with van der Waals surface area (Å²) in [7, 11) is 1.78. The van der Waals surface area contributed by atoms with Crippen molar-refractivity contribution in [3.05, 3.63) is 0 Å². The zero-order chi connectivity index (χ0) is 20.6. The van der Waals surface area contributed by atoms with Gasteiger partial charge < -0.3 is 25.6 Å². The molecular formula is C20H41N5O2. The third-order valence-electron chi connectivity index (χ3n) is 4.82. The van der Waals surface area contributed by atoms with Gasteiger partial charge in [0.2, 0.25) is 0 Å². The van der Waals surface area contributed by atoms with Crippen LogP contribution in [-0.2, 0) is 4.74 Å². The van der Waals surface area contributed by atoms with E-state index in [1.165, 1.54) is 0 Å². The number of hydrogen-bond donors (Lipinski definition) is 3. The lowest BCUT2D eigenvalue weighted by molar-refractivity contribution is 0.0491. The molecule has 0 aliphatic carbocycles. The molecule has 1 heterocycles. The summed E-state index contributed by atoms with van der Waals surface area (Å²) in [6.07, 6.45) is 1.85. The normalized spacial score (nSPS) is 18.5. The minimum atomic E-state index is -0.499. The third-order valence-corrected chi connectivity index (χ3v) is 4.82. The Morgan fingerprint density at radius 2 is 1.78 bits per heavy atom. The van der Waals surface area contributed by atoms with E-state index in [9.17, 15) is 4.79 Å². The predicted molar refractivity (Wildman–Crippen MR) is 112 cm³/mol. The fourth-order valence-electron chi connectivity index (χ4n) is 3.07. The van der Waals surface area contributed by atoms with Crippen molar-refractivity contribution in [1.29, 1.82) is 0 Å². The van der Waals surface area contributed by atoms with Gasteiger partial charge in [-0.3, -0.25) is 4.99 Å². The van der Waals surface area contributed by atoms with Gasteiger partial charge in [-0.1, -0.05) is 13.8 Å². The third kappa shape index (κ3) is 9.31. The number of hydrogen-bond acceptors (Lipinski definition) is 4. The first-order chi connectivity index (χ1) is 12.5. The molecule has 0 saturated carbocycles. The van der Waals surface area contributed by atoms with Crippen LogP contribution in [0, 0.1) is 5.92 Å². The highest BCUT2D eigenvalue weighted by Crippen LogP contribution is 2.13. The Bertz CT molecular complexity index is 477. The molecule has 1 aliphatic heterocycles. The molecule has 7 heteroatoms. The van der Waals surface area contributed by atoms with Crippen molar-refractivity contribution >= 4 is 12.1 Å². The topological polar surface area (TPSA) is 78.0 Å². The number of guanidine groups is 1. The standard InChI is InChI=1S/C20H41N5O2/c1-14(2)17(24-19(26)27-20(5,6)7)13-22-18(21-8)23-16-9-11-25(12-10-16)15(3)4/h14-17H,9-13H2,1-8H3,(H,24,26)(H2,21,22,23). The fraction of sp³-hybridized carbons (Fsp3) is 0.900.